The second-order valence-electron chi connectivity index (χ2n) is 5.73. The van der Waals surface area contributed by atoms with E-state index in [1.165, 1.54) is 11.8 Å². The molecule has 5 heteroatoms. The third-order valence-corrected chi connectivity index (χ3v) is 3.57. The van der Waals surface area contributed by atoms with Crippen LogP contribution in [0.2, 0.25) is 0 Å². The summed E-state index contributed by atoms with van der Waals surface area (Å²) in [6, 6.07) is 12.9. The van der Waals surface area contributed by atoms with Crippen LogP contribution < -0.4 is 15.0 Å². The number of nitrogens with one attached hydrogen (secondary N) is 1. The zero-order valence-electron chi connectivity index (χ0n) is 14.4. The summed E-state index contributed by atoms with van der Waals surface area (Å²) in [5.74, 6) is 0.253. The number of anilines is 2. The van der Waals surface area contributed by atoms with Gasteiger partial charge in [-0.05, 0) is 61.4 Å². The molecule has 24 heavy (non-hydrogen) atoms. The zero-order chi connectivity index (χ0) is 17.7. The van der Waals surface area contributed by atoms with Gasteiger partial charge >= 0.3 is 0 Å². The molecule has 0 unspecified atom stereocenters. The fraction of sp³-hybridized carbons (Fsp3) is 0.263. The summed E-state index contributed by atoms with van der Waals surface area (Å²) in [5.41, 5.74) is 3.53. The van der Waals surface area contributed by atoms with Crippen molar-refractivity contribution in [2.24, 2.45) is 0 Å². The molecule has 0 radical (unpaired) electrons. The van der Waals surface area contributed by atoms with Gasteiger partial charge in [-0.1, -0.05) is 6.07 Å². The highest BCUT2D eigenvalue weighted by molar-refractivity contribution is 6.01. The SMILES string of the molecule is COc1ccc(N(CC(=O)Nc2cc(C)cc(C)c2)C(C)=O)cc1. The van der Waals surface area contributed by atoms with E-state index in [1.54, 1.807) is 31.4 Å². The van der Waals surface area contributed by atoms with Crippen molar-refractivity contribution in [2.75, 3.05) is 23.9 Å². The van der Waals surface area contributed by atoms with Crippen molar-refractivity contribution in [1.29, 1.82) is 0 Å². The van der Waals surface area contributed by atoms with Gasteiger partial charge < -0.3 is 15.0 Å². The number of nitrogens with zero attached hydrogens (tertiary/aromatic N) is 1. The highest BCUT2D eigenvalue weighted by Gasteiger charge is 2.16. The lowest BCUT2D eigenvalue weighted by Crippen LogP contribution is -2.36. The Morgan fingerprint density at radius 1 is 1.04 bits per heavy atom. The van der Waals surface area contributed by atoms with E-state index >= 15 is 0 Å². The van der Waals surface area contributed by atoms with Gasteiger partial charge in [0.05, 0.1) is 7.11 Å². The molecule has 0 saturated carbocycles. The summed E-state index contributed by atoms with van der Waals surface area (Å²) in [7, 11) is 1.58. The molecule has 2 amide bonds. The average molecular weight is 326 g/mol. The number of carbonyl (C=O) groups excluding carboxylic acids is 2. The minimum atomic E-state index is -0.244. The van der Waals surface area contributed by atoms with E-state index in [0.29, 0.717) is 11.4 Å². The first-order valence-electron chi connectivity index (χ1n) is 7.69. The summed E-state index contributed by atoms with van der Waals surface area (Å²) >= 11 is 0. The molecule has 2 rings (SSSR count). The summed E-state index contributed by atoms with van der Waals surface area (Å²) in [6.45, 7) is 5.34. The Bertz CT molecular complexity index is 719. The van der Waals surface area contributed by atoms with E-state index in [-0.39, 0.29) is 18.4 Å². The molecule has 126 valence electrons. The molecule has 0 saturated heterocycles. The first-order chi connectivity index (χ1) is 11.4. The van der Waals surface area contributed by atoms with E-state index in [0.717, 1.165) is 16.8 Å². The maximum absolute atomic E-state index is 12.3. The van der Waals surface area contributed by atoms with Crippen molar-refractivity contribution in [3.63, 3.8) is 0 Å². The van der Waals surface area contributed by atoms with E-state index in [1.807, 2.05) is 32.0 Å². The molecule has 0 aliphatic rings. The Hall–Kier alpha value is -2.82. The third-order valence-electron chi connectivity index (χ3n) is 3.57. The first kappa shape index (κ1) is 17.5. The molecule has 0 fully saturated rings. The van der Waals surface area contributed by atoms with Crippen LogP contribution in [0.4, 0.5) is 11.4 Å². The Morgan fingerprint density at radius 2 is 1.62 bits per heavy atom. The van der Waals surface area contributed by atoms with Crippen molar-refractivity contribution in [2.45, 2.75) is 20.8 Å². The van der Waals surface area contributed by atoms with Gasteiger partial charge in [-0.25, -0.2) is 0 Å². The van der Waals surface area contributed by atoms with Crippen LogP contribution in [-0.4, -0.2) is 25.5 Å². The number of rotatable bonds is 5. The fourth-order valence-electron chi connectivity index (χ4n) is 2.54. The molecule has 0 heterocycles. The van der Waals surface area contributed by atoms with Gasteiger partial charge in [0.15, 0.2) is 0 Å². The summed E-state index contributed by atoms with van der Waals surface area (Å²) in [4.78, 5) is 25.7. The molecular formula is C19H22N2O3. The molecule has 0 aromatic heterocycles. The van der Waals surface area contributed by atoms with E-state index < -0.39 is 0 Å². The smallest absolute Gasteiger partial charge is 0.244 e. The van der Waals surface area contributed by atoms with Gasteiger partial charge in [-0.3, -0.25) is 9.59 Å². The number of methoxy groups -OCH3 is 1. The maximum Gasteiger partial charge on any atom is 0.244 e. The van der Waals surface area contributed by atoms with Crippen molar-refractivity contribution in [3.8, 4) is 5.75 Å². The van der Waals surface area contributed by atoms with Gasteiger partial charge in [-0.15, -0.1) is 0 Å². The third kappa shape index (κ3) is 4.59. The van der Waals surface area contributed by atoms with Gasteiger partial charge in [0.1, 0.15) is 12.3 Å². The van der Waals surface area contributed by atoms with Crippen molar-refractivity contribution in [3.05, 3.63) is 53.6 Å². The number of hydrogen-bond donors (Lipinski definition) is 1. The Morgan fingerprint density at radius 3 is 2.12 bits per heavy atom. The molecule has 0 atom stereocenters. The van der Waals surface area contributed by atoms with Crippen LogP contribution >= 0.6 is 0 Å². The fourth-order valence-corrected chi connectivity index (χ4v) is 2.54. The van der Waals surface area contributed by atoms with E-state index in [2.05, 4.69) is 5.32 Å². The van der Waals surface area contributed by atoms with Crippen LogP contribution in [0.3, 0.4) is 0 Å². The maximum atomic E-state index is 12.3. The van der Waals surface area contributed by atoms with Gasteiger partial charge in [-0.2, -0.15) is 0 Å². The first-order valence-corrected chi connectivity index (χ1v) is 7.69. The molecule has 0 aliphatic carbocycles. The molecule has 2 aromatic rings. The minimum Gasteiger partial charge on any atom is -0.497 e. The number of ether oxygens (including phenoxy) is 1. The van der Waals surface area contributed by atoms with Crippen LogP contribution in [0.25, 0.3) is 0 Å². The van der Waals surface area contributed by atoms with Crippen LogP contribution in [0.5, 0.6) is 5.75 Å². The number of amides is 2. The standard InChI is InChI=1S/C19H22N2O3/c1-13-9-14(2)11-16(10-13)20-19(23)12-21(15(3)22)17-5-7-18(24-4)8-6-17/h5-11H,12H2,1-4H3,(H,20,23). The molecule has 0 aliphatic heterocycles. The highest BCUT2D eigenvalue weighted by Crippen LogP contribution is 2.20. The van der Waals surface area contributed by atoms with Crippen LogP contribution in [0, 0.1) is 13.8 Å². The molecule has 0 spiro atoms. The van der Waals surface area contributed by atoms with Gasteiger partial charge in [0.2, 0.25) is 11.8 Å². The number of benzene rings is 2. The number of aryl methyl sites for hydroxylation is 2. The van der Waals surface area contributed by atoms with Crippen LogP contribution in [0.1, 0.15) is 18.1 Å². The lowest BCUT2D eigenvalue weighted by Gasteiger charge is -2.21. The van der Waals surface area contributed by atoms with Gasteiger partial charge in [0, 0.05) is 18.3 Å². The minimum absolute atomic E-state index is 0.0470. The van der Waals surface area contributed by atoms with Crippen molar-refractivity contribution < 1.29 is 14.3 Å². The predicted molar refractivity (Wildman–Crippen MR) is 95.6 cm³/mol. The summed E-state index contributed by atoms with van der Waals surface area (Å²) < 4.78 is 5.11. The summed E-state index contributed by atoms with van der Waals surface area (Å²) in [6.07, 6.45) is 0. The molecule has 2 aromatic carbocycles. The summed E-state index contributed by atoms with van der Waals surface area (Å²) in [5, 5.41) is 2.84. The van der Waals surface area contributed by atoms with Crippen LogP contribution in [0.15, 0.2) is 42.5 Å². The average Bonchev–Trinajstić information content (AvgIpc) is 2.51. The van der Waals surface area contributed by atoms with Crippen LogP contribution in [-0.2, 0) is 9.59 Å². The Kier molecular flexibility index (Phi) is 5.58. The van der Waals surface area contributed by atoms with E-state index in [4.69, 9.17) is 4.74 Å². The second-order valence-corrected chi connectivity index (χ2v) is 5.73. The number of hydrogen-bond acceptors (Lipinski definition) is 3. The van der Waals surface area contributed by atoms with Gasteiger partial charge in [0.25, 0.3) is 0 Å². The molecule has 5 nitrogen and oxygen atoms in total. The van der Waals surface area contributed by atoms with Crippen molar-refractivity contribution >= 4 is 23.2 Å². The predicted octanol–water partition coefficient (Wildman–Crippen LogP) is 3.30. The zero-order valence-corrected chi connectivity index (χ0v) is 14.4. The second kappa shape index (κ2) is 7.64. The molecule has 1 N–H and O–H groups in total. The number of carbonyl (C=O) groups is 2. The van der Waals surface area contributed by atoms with Crippen molar-refractivity contribution in [1.82, 2.24) is 0 Å². The molecular weight excluding hydrogens is 304 g/mol. The quantitative estimate of drug-likeness (QED) is 0.917. The topological polar surface area (TPSA) is 58.6 Å². The lowest BCUT2D eigenvalue weighted by molar-refractivity contribution is -0.120. The largest absolute Gasteiger partial charge is 0.497 e. The Labute approximate surface area is 142 Å². The monoisotopic (exact) mass is 326 g/mol. The lowest BCUT2D eigenvalue weighted by atomic mass is 10.1. The molecule has 0 bridgehead atoms. The highest BCUT2D eigenvalue weighted by atomic mass is 16.5. The Balaban J connectivity index is 2.11. The van der Waals surface area contributed by atoms with E-state index in [9.17, 15) is 9.59 Å². The normalized spacial score (nSPS) is 10.2.